The van der Waals surface area contributed by atoms with Gasteiger partial charge in [0.25, 0.3) is 5.91 Å². The second-order valence-electron chi connectivity index (χ2n) is 7.30. The lowest BCUT2D eigenvalue weighted by Gasteiger charge is -2.32. The van der Waals surface area contributed by atoms with Gasteiger partial charge in [0.2, 0.25) is 0 Å². The van der Waals surface area contributed by atoms with Crippen LogP contribution in [0.15, 0.2) is 30.3 Å². The molecule has 3 rings (SSSR count). The molecule has 1 aliphatic rings. The molecule has 0 unspecified atom stereocenters. The zero-order valence-electron chi connectivity index (χ0n) is 17.0. The molecule has 0 bridgehead atoms. The number of carbonyl (C=O) groups excluding carboxylic acids is 2. The Morgan fingerprint density at radius 2 is 2.07 bits per heavy atom. The van der Waals surface area contributed by atoms with Gasteiger partial charge in [0.1, 0.15) is 18.7 Å². The van der Waals surface area contributed by atoms with E-state index in [1.165, 1.54) is 18.7 Å². The van der Waals surface area contributed by atoms with Crippen molar-refractivity contribution in [1.82, 2.24) is 0 Å². The lowest BCUT2D eigenvalue weighted by Crippen LogP contribution is -2.38. The maximum Gasteiger partial charge on any atom is 0.252 e. The molecule has 0 atom stereocenters. The highest BCUT2D eigenvalue weighted by Gasteiger charge is 2.25. The second kappa shape index (κ2) is 9.65. The van der Waals surface area contributed by atoms with E-state index in [2.05, 4.69) is 17.4 Å². The number of methoxy groups -OCH3 is 1. The highest BCUT2D eigenvalue weighted by atomic mass is 19.1. The van der Waals surface area contributed by atoms with Crippen LogP contribution in [-0.4, -0.2) is 32.5 Å². The van der Waals surface area contributed by atoms with E-state index in [-0.39, 0.29) is 18.3 Å². The average molecular weight is 398 g/mol. The largest absolute Gasteiger partial charge is 0.381 e. The molecule has 1 amide bonds. The Morgan fingerprint density at radius 1 is 1.28 bits per heavy atom. The maximum absolute atomic E-state index is 14.2. The Morgan fingerprint density at radius 3 is 2.79 bits per heavy atom. The van der Waals surface area contributed by atoms with E-state index < -0.39 is 0 Å². The first kappa shape index (κ1) is 21.0. The Hall–Kier alpha value is -2.73. The molecule has 0 saturated carbocycles. The van der Waals surface area contributed by atoms with Crippen molar-refractivity contribution >= 4 is 23.6 Å². The topological polar surface area (TPSA) is 58.6 Å². The predicted molar refractivity (Wildman–Crippen MR) is 112 cm³/mol. The van der Waals surface area contributed by atoms with E-state index in [0.29, 0.717) is 37.2 Å². The van der Waals surface area contributed by atoms with Crippen molar-refractivity contribution < 1.29 is 18.7 Å². The molecule has 5 nitrogen and oxygen atoms in total. The van der Waals surface area contributed by atoms with Crippen LogP contribution < -0.4 is 10.2 Å². The summed E-state index contributed by atoms with van der Waals surface area (Å²) < 4.78 is 19.2. The number of nitrogens with zero attached hydrogens (tertiary/aromatic N) is 1. The van der Waals surface area contributed by atoms with Crippen LogP contribution in [0.2, 0.25) is 0 Å². The molecular formula is C23H27FN2O3. The first-order valence-corrected chi connectivity index (χ1v) is 9.91. The number of hydrogen-bond acceptors (Lipinski definition) is 4. The second-order valence-corrected chi connectivity index (χ2v) is 7.30. The van der Waals surface area contributed by atoms with E-state index in [0.717, 1.165) is 35.9 Å². The van der Waals surface area contributed by atoms with Gasteiger partial charge in [0, 0.05) is 32.3 Å². The van der Waals surface area contributed by atoms with Gasteiger partial charge in [0.05, 0.1) is 5.69 Å². The Bertz CT molecular complexity index is 898. The van der Waals surface area contributed by atoms with Gasteiger partial charge in [-0.15, -0.1) is 0 Å². The maximum atomic E-state index is 14.2. The minimum absolute atomic E-state index is 0.0327. The highest BCUT2D eigenvalue weighted by Crippen LogP contribution is 2.33. The van der Waals surface area contributed by atoms with E-state index in [4.69, 9.17) is 4.74 Å². The number of aldehydes is 1. The summed E-state index contributed by atoms with van der Waals surface area (Å²) >= 11 is 0. The van der Waals surface area contributed by atoms with Crippen molar-refractivity contribution in [3.8, 4) is 0 Å². The van der Waals surface area contributed by atoms with Gasteiger partial charge in [0.15, 0.2) is 0 Å². The quantitative estimate of drug-likeness (QED) is 0.687. The number of rotatable bonds is 8. The van der Waals surface area contributed by atoms with Crippen molar-refractivity contribution in [1.29, 1.82) is 0 Å². The fourth-order valence-corrected chi connectivity index (χ4v) is 3.83. The zero-order valence-corrected chi connectivity index (χ0v) is 17.0. The van der Waals surface area contributed by atoms with Crippen molar-refractivity contribution in [3.05, 3.63) is 58.4 Å². The molecule has 29 heavy (non-hydrogen) atoms. The predicted octanol–water partition coefficient (Wildman–Crippen LogP) is 3.80. The first-order valence-electron chi connectivity index (χ1n) is 9.91. The Labute approximate surface area is 170 Å². The van der Waals surface area contributed by atoms with Crippen LogP contribution >= 0.6 is 0 Å². The molecule has 1 heterocycles. The fraction of sp³-hybridized carbons (Fsp3) is 0.391. The number of ether oxygens (including phenoxy) is 1. The highest BCUT2D eigenvalue weighted by molar-refractivity contribution is 5.96. The Kier molecular flexibility index (Phi) is 6.99. The number of aryl methyl sites for hydroxylation is 2. The van der Waals surface area contributed by atoms with E-state index in [1.54, 1.807) is 6.07 Å². The number of carbonyl (C=O) groups is 2. The summed E-state index contributed by atoms with van der Waals surface area (Å²) in [5.41, 5.74) is 5.50. The summed E-state index contributed by atoms with van der Waals surface area (Å²) in [7, 11) is 1.53. The van der Waals surface area contributed by atoms with Gasteiger partial charge in [-0.05, 0) is 60.6 Å². The van der Waals surface area contributed by atoms with E-state index >= 15 is 0 Å². The normalized spacial score (nSPS) is 13.1. The molecule has 1 N–H and O–H groups in total. The van der Waals surface area contributed by atoms with Gasteiger partial charge in [-0.2, -0.15) is 0 Å². The third-order valence-electron chi connectivity index (χ3n) is 5.36. The number of hydrogen-bond donors (Lipinski definition) is 1. The van der Waals surface area contributed by atoms with Crippen molar-refractivity contribution in [2.75, 3.05) is 30.5 Å². The molecule has 2 aromatic carbocycles. The van der Waals surface area contributed by atoms with Crippen LogP contribution in [-0.2, 0) is 33.7 Å². The summed E-state index contributed by atoms with van der Waals surface area (Å²) in [4.78, 5) is 24.8. The van der Waals surface area contributed by atoms with Gasteiger partial charge in [-0.25, -0.2) is 4.39 Å². The number of nitrogens with one attached hydrogen (secondary N) is 1. The average Bonchev–Trinajstić information content (AvgIpc) is 2.72. The lowest BCUT2D eigenvalue weighted by atomic mass is 9.94. The van der Waals surface area contributed by atoms with Crippen LogP contribution in [0, 0.1) is 12.7 Å². The van der Waals surface area contributed by atoms with Crippen molar-refractivity contribution in [2.24, 2.45) is 0 Å². The number of halogens is 1. The first-order chi connectivity index (χ1) is 14.0. The van der Waals surface area contributed by atoms with Gasteiger partial charge < -0.3 is 19.7 Å². The van der Waals surface area contributed by atoms with Crippen LogP contribution in [0.1, 0.15) is 35.1 Å². The monoisotopic (exact) mass is 398 g/mol. The molecule has 0 radical (unpaired) electrons. The third-order valence-corrected chi connectivity index (χ3v) is 5.36. The molecule has 6 heteroatoms. The van der Waals surface area contributed by atoms with Crippen LogP contribution in [0.25, 0.3) is 0 Å². The van der Waals surface area contributed by atoms with Crippen LogP contribution in [0.3, 0.4) is 0 Å². The standard InChI is InChI=1S/C23H27FN2O3/c1-16-19(14-25-20-10-9-17(6-4-12-27)21(24)13-20)8-7-18-5-3-11-26(23(16)18)22(28)15-29-2/h7-10,12-13,25H,3-6,11,14-15H2,1-2H3. The summed E-state index contributed by atoms with van der Waals surface area (Å²) in [5, 5.41) is 3.26. The molecular weight excluding hydrogens is 371 g/mol. The lowest BCUT2D eigenvalue weighted by molar-refractivity contribution is -0.122. The van der Waals surface area contributed by atoms with Gasteiger partial charge >= 0.3 is 0 Å². The molecule has 2 aromatic rings. The summed E-state index contributed by atoms with van der Waals surface area (Å²) in [6, 6.07) is 9.15. The zero-order chi connectivity index (χ0) is 20.8. The number of anilines is 2. The smallest absolute Gasteiger partial charge is 0.252 e. The van der Waals surface area contributed by atoms with Gasteiger partial charge in [-0.1, -0.05) is 18.2 Å². The number of fused-ring (bicyclic) bond motifs is 1. The van der Waals surface area contributed by atoms with Crippen molar-refractivity contribution in [2.45, 2.75) is 39.2 Å². The minimum atomic E-state index is -0.310. The van der Waals surface area contributed by atoms with E-state index in [9.17, 15) is 14.0 Å². The molecule has 0 aliphatic carbocycles. The Balaban J connectivity index is 1.77. The summed E-state index contributed by atoms with van der Waals surface area (Å²) in [6.07, 6.45) is 3.41. The molecule has 0 fully saturated rings. The van der Waals surface area contributed by atoms with Crippen molar-refractivity contribution in [3.63, 3.8) is 0 Å². The fourth-order valence-electron chi connectivity index (χ4n) is 3.83. The van der Waals surface area contributed by atoms with Crippen LogP contribution in [0.5, 0.6) is 0 Å². The molecule has 0 spiro atoms. The van der Waals surface area contributed by atoms with Crippen LogP contribution in [0.4, 0.5) is 15.8 Å². The number of benzene rings is 2. The molecule has 0 saturated heterocycles. The molecule has 1 aliphatic heterocycles. The molecule has 154 valence electrons. The summed E-state index contributed by atoms with van der Waals surface area (Å²) in [6.45, 7) is 3.31. The molecule has 0 aromatic heterocycles. The summed E-state index contributed by atoms with van der Waals surface area (Å²) in [5.74, 6) is -0.343. The van der Waals surface area contributed by atoms with Gasteiger partial charge in [-0.3, -0.25) is 4.79 Å². The minimum Gasteiger partial charge on any atom is -0.381 e. The van der Waals surface area contributed by atoms with E-state index in [1.807, 2.05) is 17.9 Å². The SMILES string of the molecule is COCC(=O)N1CCCc2ccc(CNc3ccc(CCC=O)c(F)c3)c(C)c21. The number of amides is 1. The third kappa shape index (κ3) is 4.82.